The number of fused-ring (bicyclic) bond motifs is 10. The summed E-state index contributed by atoms with van der Waals surface area (Å²) in [6.45, 7) is 0. The molecule has 0 aliphatic heterocycles. The summed E-state index contributed by atoms with van der Waals surface area (Å²) in [5.74, 6) is 0. The van der Waals surface area contributed by atoms with E-state index in [0.717, 1.165) is 83.2 Å². The predicted octanol–water partition coefficient (Wildman–Crippen LogP) is 14.9. The van der Waals surface area contributed by atoms with Gasteiger partial charge < -0.3 is 18.3 Å². The maximum absolute atomic E-state index is 6.37. The summed E-state index contributed by atoms with van der Waals surface area (Å²) in [5, 5.41) is 9.32. The van der Waals surface area contributed by atoms with Crippen LogP contribution >= 0.6 is 0 Å². The molecular weight excluding hydrogens is 685 g/mol. The van der Waals surface area contributed by atoms with E-state index in [1.165, 1.54) is 27.1 Å². The van der Waals surface area contributed by atoms with Crippen LogP contribution in [0.15, 0.2) is 203 Å². The summed E-state index contributed by atoms with van der Waals surface area (Å²) in [4.78, 5) is 2.34. The Hall–Kier alpha value is -7.56. The predicted molar refractivity (Wildman–Crippen MR) is 233 cm³/mol. The molecule has 262 valence electrons. The lowest BCUT2D eigenvalue weighted by molar-refractivity contribution is 0.668. The van der Waals surface area contributed by atoms with E-state index >= 15 is 0 Å². The van der Waals surface area contributed by atoms with E-state index in [4.69, 9.17) is 8.83 Å². The minimum absolute atomic E-state index is 0.871. The molecule has 3 aromatic heterocycles. The van der Waals surface area contributed by atoms with Gasteiger partial charge in [-0.1, -0.05) is 109 Å². The molecule has 9 aromatic carbocycles. The number of benzene rings is 9. The Morgan fingerprint density at radius 3 is 1.70 bits per heavy atom. The van der Waals surface area contributed by atoms with Gasteiger partial charge in [0.1, 0.15) is 22.3 Å². The molecule has 0 saturated heterocycles. The molecule has 0 unspecified atom stereocenters. The molecule has 4 nitrogen and oxygen atoms in total. The van der Waals surface area contributed by atoms with Gasteiger partial charge in [0.15, 0.2) is 0 Å². The van der Waals surface area contributed by atoms with Crippen molar-refractivity contribution in [3.8, 4) is 16.8 Å². The fourth-order valence-electron chi connectivity index (χ4n) is 8.77. The molecule has 56 heavy (non-hydrogen) atoms. The second kappa shape index (κ2) is 12.0. The number of hydrogen-bond acceptors (Lipinski definition) is 3. The molecule has 4 heteroatoms. The molecule has 0 saturated carbocycles. The van der Waals surface area contributed by atoms with Gasteiger partial charge in [-0.3, -0.25) is 0 Å². The molecule has 0 atom stereocenters. The van der Waals surface area contributed by atoms with E-state index in [1.54, 1.807) is 0 Å². The lowest BCUT2D eigenvalue weighted by atomic mass is 10.0. The molecule has 0 aliphatic rings. The minimum Gasteiger partial charge on any atom is -0.456 e. The van der Waals surface area contributed by atoms with E-state index in [9.17, 15) is 0 Å². The molecule has 0 amide bonds. The van der Waals surface area contributed by atoms with Crippen molar-refractivity contribution in [1.82, 2.24) is 4.57 Å². The van der Waals surface area contributed by atoms with Crippen LogP contribution in [0.2, 0.25) is 0 Å². The van der Waals surface area contributed by atoms with Gasteiger partial charge in [-0.15, -0.1) is 0 Å². The number of anilines is 3. The zero-order valence-electron chi connectivity index (χ0n) is 30.2. The first-order valence-electron chi connectivity index (χ1n) is 19.0. The van der Waals surface area contributed by atoms with E-state index in [0.29, 0.717) is 0 Å². The molecular formula is C52H32N2O2. The van der Waals surface area contributed by atoms with Crippen LogP contribution in [0.4, 0.5) is 17.1 Å². The largest absolute Gasteiger partial charge is 0.456 e. The lowest BCUT2D eigenvalue weighted by Crippen LogP contribution is -2.10. The van der Waals surface area contributed by atoms with Crippen LogP contribution in [0.3, 0.4) is 0 Å². The van der Waals surface area contributed by atoms with Crippen LogP contribution in [-0.4, -0.2) is 4.57 Å². The number of furan rings is 2. The Bertz CT molecular complexity index is 3490. The highest BCUT2D eigenvalue weighted by Gasteiger charge is 2.19. The SMILES string of the molecule is c1ccc2c(N(c3ccc(-c4ccc5c(c4)c4ccccc4n5-c4ccc5c(c4)oc4ccccc45)cc3)c3ccc4c(c3)oc3ccccc34)cccc2c1. The number of rotatable bonds is 5. The highest BCUT2D eigenvalue weighted by molar-refractivity contribution is 6.12. The van der Waals surface area contributed by atoms with Crippen molar-refractivity contribution in [3.63, 3.8) is 0 Å². The third-order valence-electron chi connectivity index (χ3n) is 11.4. The van der Waals surface area contributed by atoms with Crippen molar-refractivity contribution in [2.45, 2.75) is 0 Å². The van der Waals surface area contributed by atoms with Crippen molar-refractivity contribution in [2.24, 2.45) is 0 Å². The normalized spacial score (nSPS) is 11.9. The summed E-state index contributed by atoms with van der Waals surface area (Å²) in [7, 11) is 0. The van der Waals surface area contributed by atoms with Crippen LogP contribution in [0.5, 0.6) is 0 Å². The smallest absolute Gasteiger partial charge is 0.137 e. The van der Waals surface area contributed by atoms with E-state index in [-0.39, 0.29) is 0 Å². The first kappa shape index (κ1) is 30.9. The van der Waals surface area contributed by atoms with Gasteiger partial charge in [-0.25, -0.2) is 0 Å². The van der Waals surface area contributed by atoms with Crippen LogP contribution < -0.4 is 4.90 Å². The highest BCUT2D eigenvalue weighted by Crippen LogP contribution is 2.43. The summed E-state index contributed by atoms with van der Waals surface area (Å²) in [6.07, 6.45) is 0. The van der Waals surface area contributed by atoms with Crippen molar-refractivity contribution < 1.29 is 8.83 Å². The maximum atomic E-state index is 6.37. The van der Waals surface area contributed by atoms with Crippen molar-refractivity contribution in [2.75, 3.05) is 4.90 Å². The molecule has 12 aromatic rings. The topological polar surface area (TPSA) is 34.5 Å². The number of para-hydroxylation sites is 3. The molecule has 0 fully saturated rings. The number of hydrogen-bond donors (Lipinski definition) is 0. The molecule has 0 N–H and O–H groups in total. The van der Waals surface area contributed by atoms with Gasteiger partial charge in [-0.2, -0.15) is 0 Å². The average Bonchev–Trinajstić information content (AvgIpc) is 3.93. The van der Waals surface area contributed by atoms with Gasteiger partial charge in [0.2, 0.25) is 0 Å². The second-order valence-electron chi connectivity index (χ2n) is 14.5. The van der Waals surface area contributed by atoms with Gasteiger partial charge in [0.25, 0.3) is 0 Å². The molecule has 12 rings (SSSR count). The van der Waals surface area contributed by atoms with Gasteiger partial charge in [0.05, 0.1) is 16.7 Å². The summed E-state index contributed by atoms with van der Waals surface area (Å²) in [5.41, 5.74) is 12.5. The third kappa shape index (κ3) is 4.66. The lowest BCUT2D eigenvalue weighted by Gasteiger charge is -2.27. The minimum atomic E-state index is 0.871. The summed E-state index contributed by atoms with van der Waals surface area (Å²) < 4.78 is 15.0. The van der Waals surface area contributed by atoms with Crippen molar-refractivity contribution in [3.05, 3.63) is 194 Å². The quantitative estimate of drug-likeness (QED) is 0.178. The fourth-order valence-corrected chi connectivity index (χ4v) is 8.77. The maximum Gasteiger partial charge on any atom is 0.137 e. The molecule has 0 aliphatic carbocycles. The van der Waals surface area contributed by atoms with Crippen molar-refractivity contribution in [1.29, 1.82) is 0 Å². The molecule has 0 bridgehead atoms. The second-order valence-corrected chi connectivity index (χ2v) is 14.5. The summed E-state index contributed by atoms with van der Waals surface area (Å²) in [6, 6.07) is 69.1. The molecule has 0 radical (unpaired) electrons. The van der Waals surface area contributed by atoms with Gasteiger partial charge >= 0.3 is 0 Å². The first-order valence-corrected chi connectivity index (χ1v) is 19.0. The van der Waals surface area contributed by atoms with Crippen LogP contribution in [0.25, 0.3) is 93.3 Å². The summed E-state index contributed by atoms with van der Waals surface area (Å²) >= 11 is 0. The van der Waals surface area contributed by atoms with Gasteiger partial charge in [-0.05, 0) is 89.3 Å². The highest BCUT2D eigenvalue weighted by atomic mass is 16.3. The molecule has 0 spiro atoms. The zero-order valence-corrected chi connectivity index (χ0v) is 30.2. The Kier molecular flexibility index (Phi) is 6.60. The van der Waals surface area contributed by atoms with Crippen LogP contribution in [-0.2, 0) is 0 Å². The Morgan fingerprint density at radius 2 is 0.911 bits per heavy atom. The van der Waals surface area contributed by atoms with Gasteiger partial charge in [0, 0.05) is 66.9 Å². The van der Waals surface area contributed by atoms with E-state index in [1.807, 2.05) is 24.3 Å². The van der Waals surface area contributed by atoms with Crippen LogP contribution in [0, 0.1) is 0 Å². The Balaban J connectivity index is 0.975. The number of aromatic nitrogens is 1. The molecule has 3 heterocycles. The zero-order chi connectivity index (χ0) is 36.7. The standard InChI is InChI=1S/C52H32N2O2/c1-2-12-39-34(10-1)11-9-17-46(39)53(37-25-27-43-41-14-4-7-18-49(41)55-51(43)31-37)36-23-20-33(21-24-36)35-22-29-48-45(30-35)40-13-3-6-16-47(40)54(48)38-26-28-44-42-15-5-8-19-50(42)56-52(44)32-38/h1-32H. The third-order valence-corrected chi connectivity index (χ3v) is 11.4. The van der Waals surface area contributed by atoms with Crippen molar-refractivity contribution >= 4 is 93.5 Å². The Labute approximate surface area is 321 Å². The van der Waals surface area contributed by atoms with E-state index in [2.05, 4.69) is 179 Å². The first-order chi connectivity index (χ1) is 27.7. The fraction of sp³-hybridized carbons (Fsp3) is 0. The monoisotopic (exact) mass is 716 g/mol. The average molecular weight is 717 g/mol. The van der Waals surface area contributed by atoms with Crippen LogP contribution in [0.1, 0.15) is 0 Å². The van der Waals surface area contributed by atoms with E-state index < -0.39 is 0 Å². The Morgan fingerprint density at radius 1 is 0.339 bits per heavy atom. The number of nitrogens with zero attached hydrogens (tertiary/aromatic N) is 2.